The Bertz CT molecular complexity index is 1010. The highest BCUT2D eigenvalue weighted by Crippen LogP contribution is 2.34. The molecule has 0 saturated carbocycles. The lowest BCUT2D eigenvalue weighted by Crippen LogP contribution is -2.37. The number of amides is 1. The fourth-order valence-electron chi connectivity index (χ4n) is 3.32. The molecule has 0 unspecified atom stereocenters. The van der Waals surface area contributed by atoms with Crippen molar-refractivity contribution in [2.45, 2.75) is 38.0 Å². The first-order valence-corrected chi connectivity index (χ1v) is 12.5. The van der Waals surface area contributed by atoms with Gasteiger partial charge in [-0.3, -0.25) is 4.79 Å². The first-order valence-electron chi connectivity index (χ1n) is 10.3. The van der Waals surface area contributed by atoms with E-state index in [4.69, 9.17) is 27.9 Å². The monoisotopic (exact) mass is 484 g/mol. The fourth-order valence-corrected chi connectivity index (χ4v) is 5.39. The third-order valence-corrected chi connectivity index (χ3v) is 7.68. The lowest BCUT2D eigenvalue weighted by Gasteiger charge is -2.29. The number of benzene rings is 2. The molecule has 168 valence electrons. The Hall–Kier alpha value is -1.80. The van der Waals surface area contributed by atoms with E-state index < -0.39 is 15.9 Å². The number of carbonyl (C=O) groups is 1. The molecule has 0 radical (unpaired) electrons. The molecule has 0 bridgehead atoms. The second kappa shape index (κ2) is 10.2. The van der Waals surface area contributed by atoms with Crippen molar-refractivity contribution < 1.29 is 17.9 Å². The smallest absolute Gasteiger partial charge is 0.255 e. The van der Waals surface area contributed by atoms with Crippen LogP contribution in [-0.4, -0.2) is 38.3 Å². The van der Waals surface area contributed by atoms with Crippen LogP contribution in [0.4, 0.5) is 5.69 Å². The second-order valence-electron chi connectivity index (χ2n) is 7.68. The average molecular weight is 485 g/mol. The van der Waals surface area contributed by atoms with Crippen LogP contribution in [0.5, 0.6) is 5.75 Å². The second-order valence-corrected chi connectivity index (χ2v) is 10.4. The number of ether oxygens (including phenoxy) is 1. The van der Waals surface area contributed by atoms with Gasteiger partial charge in [0.25, 0.3) is 5.91 Å². The summed E-state index contributed by atoms with van der Waals surface area (Å²) >= 11 is 12.4. The lowest BCUT2D eigenvalue weighted by molar-refractivity contribution is 0.102. The van der Waals surface area contributed by atoms with Crippen LogP contribution in [0.1, 0.15) is 43.5 Å². The van der Waals surface area contributed by atoms with Crippen LogP contribution >= 0.6 is 23.2 Å². The minimum atomic E-state index is -3.53. The summed E-state index contributed by atoms with van der Waals surface area (Å²) in [6, 6.07) is 9.13. The molecule has 1 heterocycles. The first-order chi connectivity index (χ1) is 14.7. The van der Waals surface area contributed by atoms with Gasteiger partial charge in [0.05, 0.1) is 21.5 Å². The topological polar surface area (TPSA) is 75.7 Å². The van der Waals surface area contributed by atoms with E-state index in [2.05, 4.69) is 12.2 Å². The van der Waals surface area contributed by atoms with Gasteiger partial charge in [-0.1, -0.05) is 37.0 Å². The number of anilines is 1. The highest BCUT2D eigenvalue weighted by atomic mass is 35.5. The molecule has 0 atom stereocenters. The van der Waals surface area contributed by atoms with Gasteiger partial charge < -0.3 is 10.1 Å². The molecule has 3 rings (SSSR count). The highest BCUT2D eigenvalue weighted by Gasteiger charge is 2.28. The van der Waals surface area contributed by atoms with E-state index in [1.807, 2.05) is 6.92 Å². The summed E-state index contributed by atoms with van der Waals surface area (Å²) in [4.78, 5) is 12.8. The minimum Gasteiger partial charge on any atom is -0.490 e. The van der Waals surface area contributed by atoms with E-state index >= 15 is 0 Å². The van der Waals surface area contributed by atoms with Crippen LogP contribution in [0.3, 0.4) is 0 Å². The van der Waals surface area contributed by atoms with Crippen LogP contribution in [-0.2, 0) is 10.0 Å². The first kappa shape index (κ1) is 23.9. The Balaban J connectivity index is 1.70. The minimum absolute atomic E-state index is 0.212. The molecule has 1 aliphatic heterocycles. The Labute approximate surface area is 193 Å². The zero-order valence-corrected chi connectivity index (χ0v) is 19.9. The van der Waals surface area contributed by atoms with Crippen molar-refractivity contribution in [2.75, 3.05) is 25.0 Å². The van der Waals surface area contributed by atoms with Crippen molar-refractivity contribution >= 4 is 44.8 Å². The Kier molecular flexibility index (Phi) is 7.86. The summed E-state index contributed by atoms with van der Waals surface area (Å²) in [5.74, 6) is 0.480. The molecular formula is C22H26Cl2N2O4S. The number of hydrogen-bond donors (Lipinski definition) is 1. The van der Waals surface area contributed by atoms with Gasteiger partial charge in [-0.05, 0) is 61.6 Å². The summed E-state index contributed by atoms with van der Waals surface area (Å²) in [5, 5.41) is 3.24. The van der Waals surface area contributed by atoms with Gasteiger partial charge in [0.1, 0.15) is 0 Å². The summed E-state index contributed by atoms with van der Waals surface area (Å²) < 4.78 is 32.7. The molecule has 0 aromatic heterocycles. The SMILES string of the molecule is CCCOc1c(Cl)cc(C(=O)Nc2ccc(S(=O)(=O)N3CCC(C)CC3)cc2)cc1Cl. The van der Waals surface area contributed by atoms with E-state index in [0.717, 1.165) is 19.3 Å². The number of carbonyl (C=O) groups excluding carboxylic acids is 1. The summed E-state index contributed by atoms with van der Waals surface area (Å²) in [6.07, 6.45) is 2.53. The number of nitrogens with one attached hydrogen (secondary N) is 1. The molecular weight excluding hydrogens is 459 g/mol. The molecule has 31 heavy (non-hydrogen) atoms. The molecule has 1 N–H and O–H groups in total. The van der Waals surface area contributed by atoms with E-state index in [1.54, 1.807) is 12.1 Å². The number of halogens is 2. The molecule has 2 aromatic carbocycles. The molecule has 1 aliphatic rings. The van der Waals surface area contributed by atoms with Crippen molar-refractivity contribution in [3.63, 3.8) is 0 Å². The maximum Gasteiger partial charge on any atom is 0.255 e. The molecule has 6 nitrogen and oxygen atoms in total. The number of sulfonamides is 1. The molecule has 1 saturated heterocycles. The van der Waals surface area contributed by atoms with Crippen molar-refractivity contribution in [2.24, 2.45) is 5.92 Å². The van der Waals surface area contributed by atoms with Gasteiger partial charge in [0.2, 0.25) is 10.0 Å². The third kappa shape index (κ3) is 5.71. The van der Waals surface area contributed by atoms with Crippen LogP contribution < -0.4 is 10.1 Å². The molecule has 2 aromatic rings. The van der Waals surface area contributed by atoms with Gasteiger partial charge in [-0.15, -0.1) is 0 Å². The number of rotatable bonds is 7. The van der Waals surface area contributed by atoms with E-state index in [0.29, 0.717) is 37.1 Å². The Morgan fingerprint density at radius 1 is 1.13 bits per heavy atom. The van der Waals surface area contributed by atoms with Gasteiger partial charge in [-0.2, -0.15) is 4.31 Å². The Morgan fingerprint density at radius 3 is 2.26 bits per heavy atom. The molecule has 0 spiro atoms. The van der Waals surface area contributed by atoms with Crippen LogP contribution in [0, 0.1) is 5.92 Å². The maximum absolute atomic E-state index is 12.8. The average Bonchev–Trinajstić information content (AvgIpc) is 2.74. The molecule has 0 aliphatic carbocycles. The quantitative estimate of drug-likeness (QED) is 0.566. The van der Waals surface area contributed by atoms with Crippen molar-refractivity contribution in [1.82, 2.24) is 4.31 Å². The summed E-state index contributed by atoms with van der Waals surface area (Å²) in [6.45, 7) is 5.63. The maximum atomic E-state index is 12.8. The van der Waals surface area contributed by atoms with Crippen LogP contribution in [0.25, 0.3) is 0 Å². The molecule has 1 fully saturated rings. The van der Waals surface area contributed by atoms with Gasteiger partial charge in [-0.25, -0.2) is 8.42 Å². The standard InChI is InChI=1S/C22H26Cl2N2O4S/c1-3-12-30-21-19(23)13-16(14-20(21)24)22(27)25-17-4-6-18(7-5-17)31(28,29)26-10-8-15(2)9-11-26/h4-7,13-15H,3,8-12H2,1-2H3,(H,25,27). The predicted molar refractivity (Wildman–Crippen MR) is 124 cm³/mol. The normalized spacial score (nSPS) is 15.6. The Morgan fingerprint density at radius 2 is 1.71 bits per heavy atom. The molecule has 1 amide bonds. The zero-order chi connectivity index (χ0) is 22.6. The predicted octanol–water partition coefficient (Wildman–Crippen LogP) is 5.46. The number of piperidine rings is 1. The van der Waals surface area contributed by atoms with Gasteiger partial charge >= 0.3 is 0 Å². The number of nitrogens with zero attached hydrogens (tertiary/aromatic N) is 1. The van der Waals surface area contributed by atoms with E-state index in [9.17, 15) is 13.2 Å². The van der Waals surface area contributed by atoms with E-state index in [1.165, 1.54) is 28.6 Å². The van der Waals surface area contributed by atoms with Crippen molar-refractivity contribution in [1.29, 1.82) is 0 Å². The van der Waals surface area contributed by atoms with E-state index in [-0.39, 0.29) is 20.5 Å². The molecule has 9 heteroatoms. The van der Waals surface area contributed by atoms with Crippen LogP contribution in [0.15, 0.2) is 41.3 Å². The number of hydrogen-bond acceptors (Lipinski definition) is 4. The van der Waals surface area contributed by atoms with Gasteiger partial charge in [0.15, 0.2) is 5.75 Å². The third-order valence-electron chi connectivity index (χ3n) is 5.20. The fraction of sp³-hybridized carbons (Fsp3) is 0.409. The summed E-state index contributed by atoms with van der Waals surface area (Å²) in [7, 11) is -3.53. The zero-order valence-electron chi connectivity index (χ0n) is 17.5. The van der Waals surface area contributed by atoms with Gasteiger partial charge in [0, 0.05) is 24.3 Å². The highest BCUT2D eigenvalue weighted by molar-refractivity contribution is 7.89. The van der Waals surface area contributed by atoms with Crippen molar-refractivity contribution in [3.05, 3.63) is 52.0 Å². The van der Waals surface area contributed by atoms with Crippen LogP contribution in [0.2, 0.25) is 10.0 Å². The van der Waals surface area contributed by atoms with Crippen molar-refractivity contribution in [3.8, 4) is 5.75 Å². The largest absolute Gasteiger partial charge is 0.490 e. The summed E-state index contributed by atoms with van der Waals surface area (Å²) in [5.41, 5.74) is 0.743. The lowest BCUT2D eigenvalue weighted by atomic mass is 10.0.